The Labute approximate surface area is 124 Å². The second kappa shape index (κ2) is 4.88. The number of fused-ring (bicyclic) bond motifs is 4. The summed E-state index contributed by atoms with van der Waals surface area (Å²) in [7, 11) is 0. The van der Waals surface area contributed by atoms with E-state index in [4.69, 9.17) is 4.42 Å². The van der Waals surface area contributed by atoms with Gasteiger partial charge in [0.2, 0.25) is 0 Å². The summed E-state index contributed by atoms with van der Waals surface area (Å²) in [6, 6.07) is 7.93. The maximum Gasteiger partial charge on any atom is 0.251 e. The molecule has 3 aliphatic heterocycles. The molecule has 4 nitrogen and oxygen atoms in total. The Balaban J connectivity index is 1.53. The average molecular weight is 285 g/mol. The molecule has 2 aromatic rings. The molecule has 3 fully saturated rings. The van der Waals surface area contributed by atoms with Gasteiger partial charge < -0.3 is 14.6 Å². The fourth-order valence-electron chi connectivity index (χ4n) is 3.70. The Bertz CT molecular complexity index is 683. The number of benzene rings is 1. The first-order chi connectivity index (χ1) is 10.2. The first-order valence-corrected chi connectivity index (χ1v) is 7.72. The number of amides is 1. The van der Waals surface area contributed by atoms with Crippen LogP contribution in [0.3, 0.4) is 0 Å². The highest BCUT2D eigenvalue weighted by atomic mass is 16.3. The van der Waals surface area contributed by atoms with E-state index in [1.54, 1.807) is 0 Å². The van der Waals surface area contributed by atoms with E-state index in [2.05, 4.69) is 10.2 Å². The van der Waals surface area contributed by atoms with Crippen molar-refractivity contribution in [2.45, 2.75) is 25.8 Å². The summed E-state index contributed by atoms with van der Waals surface area (Å²) in [5, 5.41) is 4.22. The van der Waals surface area contributed by atoms with E-state index in [-0.39, 0.29) is 5.91 Å². The molecule has 0 aliphatic carbocycles. The van der Waals surface area contributed by atoms with Gasteiger partial charge in [-0.05, 0) is 63.0 Å². The predicted molar refractivity (Wildman–Crippen MR) is 81.4 cm³/mol. The van der Waals surface area contributed by atoms with Gasteiger partial charge in [0.1, 0.15) is 11.3 Å². The normalized spacial score (nSPS) is 28.0. The topological polar surface area (TPSA) is 45.5 Å². The first-order valence-electron chi connectivity index (χ1n) is 7.72. The molecule has 2 bridgehead atoms. The zero-order valence-corrected chi connectivity index (χ0v) is 12.3. The van der Waals surface area contributed by atoms with Gasteiger partial charge in [0, 0.05) is 23.5 Å². The molecule has 0 saturated carbocycles. The van der Waals surface area contributed by atoms with Gasteiger partial charge in [0.15, 0.2) is 0 Å². The van der Waals surface area contributed by atoms with Gasteiger partial charge >= 0.3 is 0 Å². The number of piperidine rings is 3. The molecule has 4 heteroatoms. The van der Waals surface area contributed by atoms with Crippen molar-refractivity contribution < 1.29 is 9.21 Å². The van der Waals surface area contributed by atoms with Gasteiger partial charge in [-0.3, -0.25) is 4.79 Å². The number of nitrogens with one attached hydrogen (secondary N) is 1. The number of hydrogen-bond donors (Lipinski definition) is 1. The predicted octanol–water partition coefficient (Wildman–Crippen LogP) is 2.57. The highest BCUT2D eigenvalue weighted by molar-refractivity contribution is 5.98. The lowest BCUT2D eigenvalue weighted by Crippen LogP contribution is -2.57. The first kappa shape index (κ1) is 12.9. The standard InChI is InChI=1S/C17H20N2O2/c1-11-8-14-9-13(2-3-16(14)21-11)17(20)18-15-10-19-6-4-12(15)5-7-19/h2-3,8-9,12,15H,4-7,10H2,1H3,(H,18,20)/t15-/m0/s1/i17+1. The van der Waals surface area contributed by atoms with E-state index in [9.17, 15) is 4.79 Å². The molecule has 0 radical (unpaired) electrons. The average Bonchev–Trinajstić information content (AvgIpc) is 2.87. The van der Waals surface area contributed by atoms with E-state index < -0.39 is 0 Å². The van der Waals surface area contributed by atoms with Crippen molar-refractivity contribution in [1.29, 1.82) is 0 Å². The molecule has 1 N–H and O–H groups in total. The lowest BCUT2D eigenvalue weighted by Gasteiger charge is -2.44. The molecule has 0 spiro atoms. The number of rotatable bonds is 2. The van der Waals surface area contributed by atoms with Crippen molar-refractivity contribution in [2.75, 3.05) is 19.6 Å². The minimum atomic E-state index is 0.0366. The van der Waals surface area contributed by atoms with Crippen molar-refractivity contribution in [2.24, 2.45) is 5.92 Å². The molecule has 110 valence electrons. The number of nitrogens with zero attached hydrogens (tertiary/aromatic N) is 1. The second-order valence-corrected chi connectivity index (χ2v) is 6.33. The van der Waals surface area contributed by atoms with Crippen LogP contribution in [0.25, 0.3) is 11.0 Å². The summed E-state index contributed by atoms with van der Waals surface area (Å²) >= 11 is 0. The quantitative estimate of drug-likeness (QED) is 0.863. The second-order valence-electron chi connectivity index (χ2n) is 6.33. The molecule has 3 saturated heterocycles. The van der Waals surface area contributed by atoms with Crippen LogP contribution in [0.5, 0.6) is 0 Å². The van der Waals surface area contributed by atoms with Crippen LogP contribution in [-0.4, -0.2) is 36.5 Å². The molecule has 4 heterocycles. The zero-order valence-electron chi connectivity index (χ0n) is 12.3. The Morgan fingerprint density at radius 2 is 2.10 bits per heavy atom. The summed E-state index contributed by atoms with van der Waals surface area (Å²) in [5.41, 5.74) is 1.56. The molecule has 1 atom stereocenters. The SMILES string of the molecule is Cc1cc2cc([13C](=O)N[C@H]3CN4CCC3CC4)ccc2o1. The molecule has 21 heavy (non-hydrogen) atoms. The Hall–Kier alpha value is -1.81. The third-order valence-corrected chi connectivity index (χ3v) is 4.87. The summed E-state index contributed by atoms with van der Waals surface area (Å²) in [5.74, 6) is 1.56. The fraction of sp³-hybridized carbons (Fsp3) is 0.471. The van der Waals surface area contributed by atoms with E-state index in [1.165, 1.54) is 25.9 Å². The van der Waals surface area contributed by atoms with Crippen LogP contribution >= 0.6 is 0 Å². The van der Waals surface area contributed by atoms with Crippen LogP contribution in [-0.2, 0) is 0 Å². The number of carbonyl (C=O) groups is 1. The van der Waals surface area contributed by atoms with Crippen molar-refractivity contribution in [1.82, 2.24) is 10.2 Å². The van der Waals surface area contributed by atoms with Crippen LogP contribution in [0.2, 0.25) is 0 Å². The Morgan fingerprint density at radius 3 is 2.81 bits per heavy atom. The van der Waals surface area contributed by atoms with Crippen molar-refractivity contribution in [3.05, 3.63) is 35.6 Å². The maximum atomic E-state index is 12.5. The van der Waals surface area contributed by atoms with Crippen LogP contribution in [0, 0.1) is 12.8 Å². The number of hydrogen-bond acceptors (Lipinski definition) is 3. The molecule has 3 aliphatic rings. The Kier molecular flexibility index (Phi) is 3.00. The van der Waals surface area contributed by atoms with Crippen LogP contribution in [0.1, 0.15) is 29.0 Å². The van der Waals surface area contributed by atoms with Gasteiger partial charge in [-0.25, -0.2) is 0 Å². The van der Waals surface area contributed by atoms with Crippen molar-refractivity contribution in [3.63, 3.8) is 0 Å². The van der Waals surface area contributed by atoms with Crippen LogP contribution < -0.4 is 5.32 Å². The number of furan rings is 1. The van der Waals surface area contributed by atoms with Gasteiger partial charge in [-0.15, -0.1) is 0 Å². The summed E-state index contributed by atoms with van der Waals surface area (Å²) < 4.78 is 5.55. The van der Waals surface area contributed by atoms with E-state index in [0.29, 0.717) is 12.0 Å². The van der Waals surface area contributed by atoms with E-state index >= 15 is 0 Å². The minimum absolute atomic E-state index is 0.0366. The minimum Gasteiger partial charge on any atom is -0.461 e. The highest BCUT2D eigenvalue weighted by Crippen LogP contribution is 2.28. The molecular formula is C17H20N2O2. The molecular weight excluding hydrogens is 265 g/mol. The molecule has 5 rings (SSSR count). The van der Waals surface area contributed by atoms with Gasteiger partial charge in [0.25, 0.3) is 5.91 Å². The van der Waals surface area contributed by atoms with Crippen molar-refractivity contribution >= 4 is 16.9 Å². The largest absolute Gasteiger partial charge is 0.461 e. The van der Waals surface area contributed by atoms with Crippen LogP contribution in [0.4, 0.5) is 0 Å². The lowest BCUT2D eigenvalue weighted by atomic mass is 9.84. The molecule has 1 amide bonds. The van der Waals surface area contributed by atoms with E-state index in [1.807, 2.05) is 31.2 Å². The summed E-state index contributed by atoms with van der Waals surface area (Å²) in [6.45, 7) is 5.31. The fourth-order valence-corrected chi connectivity index (χ4v) is 3.70. The van der Waals surface area contributed by atoms with Gasteiger partial charge in [-0.1, -0.05) is 0 Å². The van der Waals surface area contributed by atoms with Gasteiger partial charge in [0.05, 0.1) is 0 Å². The highest BCUT2D eigenvalue weighted by Gasteiger charge is 2.34. The smallest absolute Gasteiger partial charge is 0.251 e. The van der Waals surface area contributed by atoms with Crippen LogP contribution in [0.15, 0.2) is 28.7 Å². The molecule has 1 aromatic carbocycles. The third kappa shape index (κ3) is 2.33. The monoisotopic (exact) mass is 285 g/mol. The Morgan fingerprint density at radius 1 is 1.29 bits per heavy atom. The molecule has 0 unspecified atom stereocenters. The third-order valence-electron chi connectivity index (χ3n) is 4.87. The number of carbonyl (C=O) groups excluding carboxylic acids is 1. The lowest BCUT2D eigenvalue weighted by molar-refractivity contribution is 0.0620. The van der Waals surface area contributed by atoms with E-state index in [0.717, 1.165) is 28.8 Å². The molecule has 1 aromatic heterocycles. The van der Waals surface area contributed by atoms with Crippen molar-refractivity contribution in [3.8, 4) is 0 Å². The number of aryl methyl sites for hydroxylation is 1. The summed E-state index contributed by atoms with van der Waals surface area (Å²) in [6.07, 6.45) is 2.43. The van der Waals surface area contributed by atoms with Gasteiger partial charge in [-0.2, -0.15) is 0 Å². The maximum absolute atomic E-state index is 12.5. The zero-order chi connectivity index (χ0) is 14.4. The summed E-state index contributed by atoms with van der Waals surface area (Å²) in [4.78, 5) is 14.9.